The van der Waals surface area contributed by atoms with Gasteiger partial charge in [-0.05, 0) is 41.1 Å². The molecule has 1 amide bonds. The number of esters is 1. The van der Waals surface area contributed by atoms with Crippen molar-refractivity contribution in [3.05, 3.63) is 77.9 Å². The topological polar surface area (TPSA) is 79.2 Å². The molecule has 0 atom stereocenters. The first-order chi connectivity index (χ1) is 12.2. The van der Waals surface area contributed by atoms with Crippen LogP contribution in [0.3, 0.4) is 0 Å². The lowest BCUT2D eigenvalue weighted by molar-refractivity contribution is -0.119. The zero-order chi connectivity index (χ0) is 17.6. The number of benzene rings is 3. The van der Waals surface area contributed by atoms with Crippen molar-refractivity contribution in [1.82, 2.24) is 0 Å². The maximum atomic E-state index is 12.0. The van der Waals surface area contributed by atoms with Crippen LogP contribution in [0, 0.1) is 11.3 Å². The van der Waals surface area contributed by atoms with Crippen molar-refractivity contribution in [2.75, 3.05) is 11.9 Å². The van der Waals surface area contributed by atoms with Gasteiger partial charge >= 0.3 is 5.97 Å². The molecule has 0 unspecified atom stereocenters. The molecule has 0 aliphatic carbocycles. The summed E-state index contributed by atoms with van der Waals surface area (Å²) < 4.78 is 4.99. The van der Waals surface area contributed by atoms with Crippen molar-refractivity contribution in [3.8, 4) is 6.07 Å². The van der Waals surface area contributed by atoms with E-state index in [0.29, 0.717) is 11.3 Å². The summed E-state index contributed by atoms with van der Waals surface area (Å²) in [7, 11) is 0. The van der Waals surface area contributed by atoms with Crippen LogP contribution >= 0.6 is 0 Å². The van der Waals surface area contributed by atoms with E-state index < -0.39 is 18.5 Å². The molecular formula is C20H14N2O3. The van der Waals surface area contributed by atoms with Gasteiger partial charge in [0, 0.05) is 5.69 Å². The molecule has 0 fully saturated rings. The van der Waals surface area contributed by atoms with Crippen molar-refractivity contribution >= 4 is 28.3 Å². The normalized spacial score (nSPS) is 10.0. The van der Waals surface area contributed by atoms with Crippen LogP contribution in [0.5, 0.6) is 0 Å². The predicted molar refractivity (Wildman–Crippen MR) is 94.0 cm³/mol. The van der Waals surface area contributed by atoms with Crippen LogP contribution in [0.15, 0.2) is 66.7 Å². The minimum Gasteiger partial charge on any atom is -0.452 e. The molecule has 0 radical (unpaired) electrons. The van der Waals surface area contributed by atoms with E-state index in [1.807, 2.05) is 42.5 Å². The molecule has 0 spiro atoms. The van der Waals surface area contributed by atoms with Crippen LogP contribution < -0.4 is 5.32 Å². The Kier molecular flexibility index (Phi) is 4.72. The molecule has 0 saturated carbocycles. The second-order valence-electron chi connectivity index (χ2n) is 5.38. The van der Waals surface area contributed by atoms with Crippen LogP contribution in [-0.4, -0.2) is 18.5 Å². The van der Waals surface area contributed by atoms with Crippen LogP contribution in [0.25, 0.3) is 10.8 Å². The summed E-state index contributed by atoms with van der Waals surface area (Å²) in [6.07, 6.45) is 0. The van der Waals surface area contributed by atoms with Gasteiger partial charge in [0.25, 0.3) is 5.91 Å². The summed E-state index contributed by atoms with van der Waals surface area (Å²) in [6.45, 7) is -0.400. The molecule has 0 bridgehead atoms. The predicted octanol–water partition coefficient (Wildman–Crippen LogP) is 3.51. The summed E-state index contributed by atoms with van der Waals surface area (Å²) in [6, 6.07) is 21.4. The maximum Gasteiger partial charge on any atom is 0.338 e. The van der Waals surface area contributed by atoms with Gasteiger partial charge in [-0.2, -0.15) is 5.26 Å². The van der Waals surface area contributed by atoms with E-state index in [-0.39, 0.29) is 5.56 Å². The number of amides is 1. The third kappa shape index (κ3) is 4.01. The fourth-order valence-corrected chi connectivity index (χ4v) is 2.39. The highest BCUT2D eigenvalue weighted by Gasteiger charge is 2.11. The Morgan fingerprint density at radius 2 is 1.76 bits per heavy atom. The van der Waals surface area contributed by atoms with Gasteiger partial charge in [-0.3, -0.25) is 4.79 Å². The average Bonchev–Trinajstić information content (AvgIpc) is 2.66. The summed E-state index contributed by atoms with van der Waals surface area (Å²) in [5, 5.41) is 13.6. The first kappa shape index (κ1) is 16.2. The Hall–Kier alpha value is -3.65. The molecule has 0 aliphatic heterocycles. The van der Waals surface area contributed by atoms with Gasteiger partial charge < -0.3 is 10.1 Å². The Bertz CT molecular complexity index is 989. The molecule has 3 aromatic rings. The molecule has 0 heterocycles. The highest BCUT2D eigenvalue weighted by molar-refractivity contribution is 5.97. The second-order valence-corrected chi connectivity index (χ2v) is 5.38. The highest BCUT2D eigenvalue weighted by Crippen LogP contribution is 2.18. The zero-order valence-corrected chi connectivity index (χ0v) is 13.2. The Labute approximate surface area is 144 Å². The number of nitrogens with one attached hydrogen (secondary N) is 1. The van der Waals surface area contributed by atoms with Crippen molar-refractivity contribution in [3.63, 3.8) is 0 Å². The number of rotatable bonds is 4. The van der Waals surface area contributed by atoms with Gasteiger partial charge in [-0.15, -0.1) is 0 Å². The molecular weight excluding hydrogens is 316 g/mol. The molecule has 122 valence electrons. The number of carbonyl (C=O) groups is 2. The average molecular weight is 330 g/mol. The lowest BCUT2D eigenvalue weighted by Crippen LogP contribution is -2.20. The molecule has 3 rings (SSSR count). The van der Waals surface area contributed by atoms with Crippen LogP contribution in [0.1, 0.15) is 15.9 Å². The third-order valence-electron chi connectivity index (χ3n) is 3.59. The lowest BCUT2D eigenvalue weighted by atomic mass is 10.1. The lowest BCUT2D eigenvalue weighted by Gasteiger charge is -2.08. The Morgan fingerprint density at radius 1 is 0.960 bits per heavy atom. The van der Waals surface area contributed by atoms with Crippen molar-refractivity contribution < 1.29 is 14.3 Å². The van der Waals surface area contributed by atoms with Crippen molar-refractivity contribution in [1.29, 1.82) is 5.26 Å². The summed E-state index contributed by atoms with van der Waals surface area (Å²) >= 11 is 0. The number of fused-ring (bicyclic) bond motifs is 1. The van der Waals surface area contributed by atoms with Crippen molar-refractivity contribution in [2.24, 2.45) is 0 Å². The number of nitriles is 1. The summed E-state index contributed by atoms with van der Waals surface area (Å²) in [4.78, 5) is 23.9. The number of anilines is 1. The number of ether oxygens (including phenoxy) is 1. The Morgan fingerprint density at radius 3 is 2.56 bits per heavy atom. The minimum atomic E-state index is -0.647. The fourth-order valence-electron chi connectivity index (χ4n) is 2.39. The van der Waals surface area contributed by atoms with Gasteiger partial charge in [-0.25, -0.2) is 4.79 Å². The first-order valence-electron chi connectivity index (χ1n) is 7.61. The SMILES string of the molecule is N#Cc1cccc(C(=O)OCC(=O)Nc2ccc3ccccc3c2)c1. The van der Waals surface area contributed by atoms with Gasteiger partial charge in [0.05, 0.1) is 17.2 Å². The quantitative estimate of drug-likeness (QED) is 0.743. The molecule has 0 aromatic heterocycles. The molecule has 25 heavy (non-hydrogen) atoms. The molecule has 5 heteroatoms. The molecule has 5 nitrogen and oxygen atoms in total. The molecule has 0 saturated heterocycles. The minimum absolute atomic E-state index is 0.234. The zero-order valence-electron chi connectivity index (χ0n) is 13.2. The van der Waals surface area contributed by atoms with Gasteiger partial charge in [0.15, 0.2) is 6.61 Å². The van der Waals surface area contributed by atoms with Gasteiger partial charge in [-0.1, -0.05) is 36.4 Å². The van der Waals surface area contributed by atoms with Crippen molar-refractivity contribution in [2.45, 2.75) is 0 Å². The van der Waals surface area contributed by atoms with E-state index in [1.165, 1.54) is 12.1 Å². The van der Waals surface area contributed by atoms with E-state index in [1.54, 1.807) is 18.2 Å². The highest BCUT2D eigenvalue weighted by atomic mass is 16.5. The molecule has 1 N–H and O–H groups in total. The van der Waals surface area contributed by atoms with E-state index in [2.05, 4.69) is 5.32 Å². The number of carbonyl (C=O) groups excluding carboxylic acids is 2. The third-order valence-corrected chi connectivity index (χ3v) is 3.59. The van der Waals surface area contributed by atoms with E-state index in [4.69, 9.17) is 10.00 Å². The monoisotopic (exact) mass is 330 g/mol. The fraction of sp³-hybridized carbons (Fsp3) is 0.0500. The number of nitrogens with zero attached hydrogens (tertiary/aromatic N) is 1. The van der Waals surface area contributed by atoms with Gasteiger partial charge in [0.1, 0.15) is 0 Å². The molecule has 3 aromatic carbocycles. The van der Waals surface area contributed by atoms with Crippen LogP contribution in [0.2, 0.25) is 0 Å². The largest absolute Gasteiger partial charge is 0.452 e. The van der Waals surface area contributed by atoms with E-state index in [0.717, 1.165) is 10.8 Å². The van der Waals surface area contributed by atoms with E-state index >= 15 is 0 Å². The van der Waals surface area contributed by atoms with E-state index in [9.17, 15) is 9.59 Å². The van der Waals surface area contributed by atoms with Crippen LogP contribution in [-0.2, 0) is 9.53 Å². The standard InChI is InChI=1S/C20H14N2O3/c21-12-14-4-3-7-17(10-14)20(24)25-13-19(23)22-18-9-8-15-5-1-2-6-16(15)11-18/h1-11H,13H2,(H,22,23). The van der Waals surface area contributed by atoms with Gasteiger partial charge in [0.2, 0.25) is 0 Å². The number of hydrogen-bond acceptors (Lipinski definition) is 4. The Balaban J connectivity index is 1.60. The summed E-state index contributed by atoms with van der Waals surface area (Å²) in [5.41, 5.74) is 1.22. The summed E-state index contributed by atoms with van der Waals surface area (Å²) in [5.74, 6) is -1.08. The number of hydrogen-bond donors (Lipinski definition) is 1. The smallest absolute Gasteiger partial charge is 0.338 e. The maximum absolute atomic E-state index is 12.0. The van der Waals surface area contributed by atoms with Crippen LogP contribution in [0.4, 0.5) is 5.69 Å². The second kappa shape index (κ2) is 7.28. The molecule has 0 aliphatic rings. The first-order valence-corrected chi connectivity index (χ1v) is 7.61.